The summed E-state index contributed by atoms with van der Waals surface area (Å²) < 4.78 is 0. The summed E-state index contributed by atoms with van der Waals surface area (Å²) >= 11 is 1.71. The number of aryl methyl sites for hydroxylation is 3. The molecule has 0 unspecified atom stereocenters. The van der Waals surface area contributed by atoms with Crippen molar-refractivity contribution in [3.63, 3.8) is 0 Å². The second kappa shape index (κ2) is 9.06. The number of anilines is 2. The van der Waals surface area contributed by atoms with Gasteiger partial charge in [-0.15, -0.1) is 11.3 Å². The van der Waals surface area contributed by atoms with Crippen LogP contribution in [0, 0.1) is 20.8 Å². The minimum absolute atomic E-state index is 0.0681. The molecule has 4 heterocycles. The minimum Gasteiger partial charge on any atom is -0.369 e. The second-order valence-electron chi connectivity index (χ2n) is 7.82. The molecule has 0 spiro atoms. The molecule has 2 N–H and O–H groups in total. The van der Waals surface area contributed by atoms with Crippen molar-refractivity contribution in [2.45, 2.75) is 46.6 Å². The molecule has 1 fully saturated rings. The fourth-order valence-corrected chi connectivity index (χ4v) is 4.79. The molecule has 30 heavy (non-hydrogen) atoms. The maximum absolute atomic E-state index is 12.3. The van der Waals surface area contributed by atoms with Gasteiger partial charge >= 0.3 is 0 Å². The van der Waals surface area contributed by atoms with E-state index in [0.29, 0.717) is 18.8 Å². The molecule has 3 aromatic rings. The molecule has 1 amide bonds. The zero-order chi connectivity index (χ0) is 21.1. The van der Waals surface area contributed by atoms with Gasteiger partial charge in [0.1, 0.15) is 22.3 Å². The number of thiophene rings is 1. The van der Waals surface area contributed by atoms with Crippen LogP contribution < -0.4 is 10.6 Å². The third-order valence-corrected chi connectivity index (χ3v) is 6.54. The molecular weight excluding hydrogens is 396 g/mol. The van der Waals surface area contributed by atoms with Crippen molar-refractivity contribution in [3.05, 3.63) is 40.2 Å². The lowest BCUT2D eigenvalue weighted by Crippen LogP contribution is -2.21. The number of nitrogens with one attached hydrogen (secondary N) is 2. The molecule has 4 rings (SSSR count). The van der Waals surface area contributed by atoms with Crippen LogP contribution >= 0.6 is 11.3 Å². The van der Waals surface area contributed by atoms with Crippen molar-refractivity contribution in [1.82, 2.24) is 19.9 Å². The average Bonchev–Trinajstić information content (AvgIpc) is 3.30. The van der Waals surface area contributed by atoms with Crippen molar-refractivity contribution in [2.75, 3.05) is 30.3 Å². The number of carbonyl (C=O) groups excluding carboxylic acids is 1. The first-order valence-corrected chi connectivity index (χ1v) is 11.3. The van der Waals surface area contributed by atoms with Gasteiger partial charge in [-0.2, -0.15) is 0 Å². The van der Waals surface area contributed by atoms with E-state index in [2.05, 4.69) is 34.4 Å². The molecule has 3 aromatic heterocycles. The second-order valence-corrected chi connectivity index (χ2v) is 9.03. The Morgan fingerprint density at radius 1 is 1.13 bits per heavy atom. The maximum atomic E-state index is 12.3. The topological polar surface area (TPSA) is 83.0 Å². The Bertz CT molecular complexity index is 1060. The normalized spacial score (nSPS) is 14.4. The maximum Gasteiger partial charge on any atom is 0.227 e. The van der Waals surface area contributed by atoms with Crippen molar-refractivity contribution >= 4 is 39.1 Å². The van der Waals surface area contributed by atoms with Gasteiger partial charge in [-0.25, -0.2) is 15.0 Å². The summed E-state index contributed by atoms with van der Waals surface area (Å²) in [4.78, 5) is 31.0. The van der Waals surface area contributed by atoms with Crippen LogP contribution in [0.3, 0.4) is 0 Å². The lowest BCUT2D eigenvalue weighted by Gasteiger charge is -2.15. The molecule has 0 aromatic carbocycles. The van der Waals surface area contributed by atoms with Gasteiger partial charge in [0.25, 0.3) is 0 Å². The van der Waals surface area contributed by atoms with Gasteiger partial charge in [-0.3, -0.25) is 9.69 Å². The molecule has 8 heteroatoms. The molecule has 0 atom stereocenters. The van der Waals surface area contributed by atoms with Crippen LogP contribution in [0.5, 0.6) is 0 Å². The summed E-state index contributed by atoms with van der Waals surface area (Å²) in [5, 5.41) is 7.32. The predicted octanol–water partition coefficient (Wildman–Crippen LogP) is 4.05. The quantitative estimate of drug-likeness (QED) is 0.595. The highest BCUT2D eigenvalue weighted by molar-refractivity contribution is 7.18. The highest BCUT2D eigenvalue weighted by Crippen LogP contribution is 2.33. The van der Waals surface area contributed by atoms with E-state index < -0.39 is 0 Å². The highest BCUT2D eigenvalue weighted by Gasteiger charge is 2.18. The summed E-state index contributed by atoms with van der Waals surface area (Å²) in [6.07, 6.45) is 2.83. The van der Waals surface area contributed by atoms with Gasteiger partial charge < -0.3 is 10.6 Å². The molecule has 0 aliphatic carbocycles. The molecule has 0 saturated carbocycles. The van der Waals surface area contributed by atoms with Crippen LogP contribution in [-0.2, 0) is 11.3 Å². The van der Waals surface area contributed by atoms with Gasteiger partial charge in [0.05, 0.1) is 11.9 Å². The number of nitrogens with zero attached hydrogens (tertiary/aromatic N) is 4. The minimum atomic E-state index is -0.0681. The van der Waals surface area contributed by atoms with Crippen molar-refractivity contribution in [1.29, 1.82) is 0 Å². The third-order valence-electron chi connectivity index (χ3n) is 5.44. The molecule has 1 saturated heterocycles. The monoisotopic (exact) mass is 424 g/mol. The van der Waals surface area contributed by atoms with Crippen molar-refractivity contribution in [3.8, 4) is 0 Å². The van der Waals surface area contributed by atoms with Crippen LogP contribution in [0.15, 0.2) is 18.2 Å². The molecule has 0 radical (unpaired) electrons. The zero-order valence-corrected chi connectivity index (χ0v) is 18.6. The molecule has 1 aliphatic rings. The van der Waals surface area contributed by atoms with Crippen LogP contribution in [0.4, 0.5) is 11.6 Å². The number of fused-ring (bicyclic) bond motifs is 1. The lowest BCUT2D eigenvalue weighted by atomic mass is 10.2. The Morgan fingerprint density at radius 2 is 1.93 bits per heavy atom. The summed E-state index contributed by atoms with van der Waals surface area (Å²) in [7, 11) is 0. The highest BCUT2D eigenvalue weighted by atomic mass is 32.1. The van der Waals surface area contributed by atoms with E-state index in [4.69, 9.17) is 9.97 Å². The Kier molecular flexibility index (Phi) is 6.24. The van der Waals surface area contributed by atoms with Crippen molar-refractivity contribution < 1.29 is 4.79 Å². The van der Waals surface area contributed by atoms with Crippen LogP contribution in [0.1, 0.15) is 41.2 Å². The van der Waals surface area contributed by atoms with E-state index in [9.17, 15) is 4.79 Å². The molecule has 7 nitrogen and oxygen atoms in total. The number of hydrogen-bond donors (Lipinski definition) is 2. The average molecular weight is 425 g/mol. The fraction of sp³-hybridized carbons (Fsp3) is 0.455. The zero-order valence-electron chi connectivity index (χ0n) is 17.8. The number of amides is 1. The summed E-state index contributed by atoms with van der Waals surface area (Å²) in [5.74, 6) is 2.20. The van der Waals surface area contributed by atoms with E-state index in [1.807, 2.05) is 19.1 Å². The standard InChI is InChI=1S/C22H28N6OS/c1-14-7-6-8-17(24-14)25-19(29)9-10-23-21-20-15(2)16(3)30-22(20)27-18(26-21)13-28-11-4-5-12-28/h6-8H,4-5,9-13H2,1-3H3,(H,23,26,27)(H,24,25,29). The SMILES string of the molecule is Cc1cccc(NC(=O)CCNc2nc(CN3CCCC3)nc3sc(C)c(C)c23)n1. The van der Waals surface area contributed by atoms with E-state index >= 15 is 0 Å². The molecule has 1 aliphatic heterocycles. The van der Waals surface area contributed by atoms with Crippen LogP contribution in [0.2, 0.25) is 0 Å². The van der Waals surface area contributed by atoms with E-state index in [1.54, 1.807) is 17.4 Å². The van der Waals surface area contributed by atoms with E-state index in [-0.39, 0.29) is 5.91 Å². The number of hydrogen-bond acceptors (Lipinski definition) is 7. The first kappa shape index (κ1) is 20.7. The summed E-state index contributed by atoms with van der Waals surface area (Å²) in [5.41, 5.74) is 2.08. The summed E-state index contributed by atoms with van der Waals surface area (Å²) in [6, 6.07) is 5.59. The number of likely N-dealkylation sites (tertiary alicyclic amines) is 1. The first-order valence-electron chi connectivity index (χ1n) is 10.5. The van der Waals surface area contributed by atoms with E-state index in [0.717, 1.165) is 47.2 Å². The van der Waals surface area contributed by atoms with Gasteiger partial charge in [0.15, 0.2) is 0 Å². The number of pyridine rings is 1. The van der Waals surface area contributed by atoms with E-state index in [1.165, 1.54) is 23.3 Å². The predicted molar refractivity (Wildman–Crippen MR) is 122 cm³/mol. The fourth-order valence-electron chi connectivity index (χ4n) is 3.75. The first-order chi connectivity index (χ1) is 14.5. The van der Waals surface area contributed by atoms with Gasteiger partial charge in [-0.1, -0.05) is 6.07 Å². The molecule has 158 valence electrons. The Balaban J connectivity index is 1.45. The smallest absolute Gasteiger partial charge is 0.227 e. The van der Waals surface area contributed by atoms with Crippen molar-refractivity contribution in [2.24, 2.45) is 0 Å². The van der Waals surface area contributed by atoms with Gasteiger partial charge in [0, 0.05) is 23.5 Å². The number of carbonyl (C=O) groups is 1. The summed E-state index contributed by atoms with van der Waals surface area (Å²) in [6.45, 7) is 9.64. The van der Waals surface area contributed by atoms with Crippen LogP contribution in [0.25, 0.3) is 10.2 Å². The van der Waals surface area contributed by atoms with Gasteiger partial charge in [0.2, 0.25) is 5.91 Å². The Morgan fingerprint density at radius 3 is 2.70 bits per heavy atom. The third kappa shape index (κ3) is 4.76. The Labute approximate surface area is 180 Å². The lowest BCUT2D eigenvalue weighted by molar-refractivity contribution is -0.116. The molecule has 0 bridgehead atoms. The number of rotatable bonds is 7. The molecular formula is C22H28N6OS. The Hall–Kier alpha value is -2.58. The van der Waals surface area contributed by atoms with Crippen LogP contribution in [-0.4, -0.2) is 45.4 Å². The van der Waals surface area contributed by atoms with Gasteiger partial charge in [-0.05, 0) is 64.4 Å². The number of aromatic nitrogens is 3. The largest absolute Gasteiger partial charge is 0.369 e.